The minimum Gasteiger partial charge on any atom is -0.383 e. The monoisotopic (exact) mass is 212 g/mol. The third-order valence-electron chi connectivity index (χ3n) is 2.10. The van der Waals surface area contributed by atoms with Gasteiger partial charge in [-0.05, 0) is 6.92 Å². The Labute approximate surface area is 87.8 Å². The first-order chi connectivity index (χ1) is 6.82. The molecule has 1 rings (SSSR count). The van der Waals surface area contributed by atoms with Crippen LogP contribution in [0.3, 0.4) is 0 Å². The Balaban J connectivity index is 2.67. The van der Waals surface area contributed by atoms with Crippen LogP contribution in [0.5, 0.6) is 0 Å². The number of nitrogens with one attached hydrogen (secondary N) is 2. The van der Waals surface area contributed by atoms with Crippen LogP contribution in [0, 0.1) is 12.3 Å². The van der Waals surface area contributed by atoms with Gasteiger partial charge in [0.2, 0.25) is 5.91 Å². The number of carbonyl (C=O) groups is 1. The lowest BCUT2D eigenvalue weighted by Crippen LogP contribution is -2.35. The van der Waals surface area contributed by atoms with Crippen LogP contribution in [-0.4, -0.2) is 11.1 Å². The number of H-pyrrole nitrogens is 1. The molecule has 0 aliphatic heterocycles. The van der Waals surface area contributed by atoms with Crippen LogP contribution in [0.2, 0.25) is 0 Å². The van der Waals surface area contributed by atoms with E-state index >= 15 is 0 Å². The molecular weight excluding hydrogens is 196 g/mol. The van der Waals surface area contributed by atoms with Gasteiger partial charge in [-0.1, -0.05) is 20.8 Å². The first-order valence-corrected chi connectivity index (χ1v) is 4.77. The molecular formula is C10H16N2O3. The third kappa shape index (κ3) is 2.71. The molecule has 0 aromatic carbocycles. The largest absolute Gasteiger partial charge is 0.383 e. The number of aromatic nitrogens is 1. The number of carbonyl (C=O) groups excluding carboxylic acids is 1. The number of aryl methyl sites for hydroxylation is 1. The predicted octanol–water partition coefficient (Wildman–Crippen LogP) is 0.939. The van der Waals surface area contributed by atoms with Crippen LogP contribution >= 0.6 is 0 Å². The summed E-state index contributed by atoms with van der Waals surface area (Å²) in [7, 11) is 0. The van der Waals surface area contributed by atoms with Crippen LogP contribution in [0.15, 0.2) is 9.32 Å². The second-order valence-corrected chi connectivity index (χ2v) is 4.50. The van der Waals surface area contributed by atoms with Crippen molar-refractivity contribution in [2.24, 2.45) is 5.41 Å². The summed E-state index contributed by atoms with van der Waals surface area (Å²) in [5, 5.41) is 4.91. The Morgan fingerprint density at radius 2 is 2.07 bits per heavy atom. The number of aromatic amines is 1. The van der Waals surface area contributed by atoms with E-state index < -0.39 is 5.41 Å². The Kier molecular flexibility index (Phi) is 3.02. The van der Waals surface area contributed by atoms with Gasteiger partial charge >= 0.3 is 0 Å². The predicted molar refractivity (Wildman–Crippen MR) is 55.4 cm³/mol. The van der Waals surface area contributed by atoms with Gasteiger partial charge in [-0.15, -0.1) is 0 Å². The zero-order chi connectivity index (χ0) is 11.6. The molecule has 0 aliphatic rings. The average molecular weight is 212 g/mol. The van der Waals surface area contributed by atoms with Crippen molar-refractivity contribution < 1.29 is 9.32 Å². The molecule has 0 radical (unpaired) electrons. The lowest BCUT2D eigenvalue weighted by atomic mass is 9.95. The zero-order valence-electron chi connectivity index (χ0n) is 9.43. The Hall–Kier alpha value is -1.52. The van der Waals surface area contributed by atoms with Gasteiger partial charge in [-0.25, -0.2) is 0 Å². The lowest BCUT2D eigenvalue weighted by Gasteiger charge is -2.16. The highest BCUT2D eigenvalue weighted by atomic mass is 16.5. The molecule has 0 spiro atoms. The van der Waals surface area contributed by atoms with Gasteiger partial charge in [0.25, 0.3) is 5.56 Å². The molecule has 5 nitrogen and oxygen atoms in total. The number of hydrogen-bond acceptors (Lipinski definition) is 3. The smallest absolute Gasteiger partial charge is 0.285 e. The van der Waals surface area contributed by atoms with E-state index in [1.807, 2.05) is 20.8 Å². The van der Waals surface area contributed by atoms with Crippen molar-refractivity contribution in [1.82, 2.24) is 10.5 Å². The summed E-state index contributed by atoms with van der Waals surface area (Å²) >= 11 is 0. The molecule has 0 aliphatic carbocycles. The van der Waals surface area contributed by atoms with Crippen molar-refractivity contribution in [2.75, 3.05) is 0 Å². The first-order valence-electron chi connectivity index (χ1n) is 4.77. The van der Waals surface area contributed by atoms with Gasteiger partial charge in [-0.2, -0.15) is 5.16 Å². The number of rotatable bonds is 2. The van der Waals surface area contributed by atoms with Crippen molar-refractivity contribution in [2.45, 2.75) is 34.2 Å². The van der Waals surface area contributed by atoms with E-state index in [-0.39, 0.29) is 18.0 Å². The van der Waals surface area contributed by atoms with E-state index in [1.54, 1.807) is 6.92 Å². The molecule has 0 unspecified atom stereocenters. The highest BCUT2D eigenvalue weighted by Crippen LogP contribution is 2.12. The van der Waals surface area contributed by atoms with Crippen molar-refractivity contribution in [3.05, 3.63) is 21.7 Å². The second kappa shape index (κ2) is 3.92. The quantitative estimate of drug-likeness (QED) is 0.766. The van der Waals surface area contributed by atoms with Crippen LogP contribution < -0.4 is 10.9 Å². The first kappa shape index (κ1) is 11.6. The molecule has 1 aromatic rings. The zero-order valence-corrected chi connectivity index (χ0v) is 9.43. The minimum atomic E-state index is -0.454. The molecule has 0 fully saturated rings. The lowest BCUT2D eigenvalue weighted by molar-refractivity contribution is -0.128. The van der Waals surface area contributed by atoms with Gasteiger partial charge in [0.05, 0.1) is 12.1 Å². The van der Waals surface area contributed by atoms with Gasteiger partial charge in [-0.3, -0.25) is 9.59 Å². The molecule has 1 aromatic heterocycles. The third-order valence-corrected chi connectivity index (χ3v) is 2.10. The second-order valence-electron chi connectivity index (χ2n) is 4.50. The highest BCUT2D eigenvalue weighted by Gasteiger charge is 2.21. The van der Waals surface area contributed by atoms with E-state index in [4.69, 9.17) is 4.52 Å². The maximum absolute atomic E-state index is 11.5. The van der Waals surface area contributed by atoms with Crippen LogP contribution in [0.25, 0.3) is 0 Å². The highest BCUT2D eigenvalue weighted by molar-refractivity contribution is 5.81. The summed E-state index contributed by atoms with van der Waals surface area (Å²) < 4.78 is 4.82. The molecule has 84 valence electrons. The molecule has 0 saturated carbocycles. The Morgan fingerprint density at radius 1 is 1.47 bits per heavy atom. The fraction of sp³-hybridized carbons (Fsp3) is 0.600. The van der Waals surface area contributed by atoms with Crippen molar-refractivity contribution in [1.29, 1.82) is 0 Å². The topological polar surface area (TPSA) is 75.1 Å². The molecule has 0 bridgehead atoms. The number of hydrogen-bond donors (Lipinski definition) is 2. The molecule has 1 heterocycles. The fourth-order valence-electron chi connectivity index (χ4n) is 1.04. The molecule has 0 saturated heterocycles. The Bertz CT molecular complexity index is 409. The van der Waals surface area contributed by atoms with Gasteiger partial charge in [0, 0.05) is 5.41 Å². The summed E-state index contributed by atoms with van der Waals surface area (Å²) in [5.74, 6) is 0.414. The van der Waals surface area contributed by atoms with Gasteiger partial charge in [0.1, 0.15) is 5.76 Å². The summed E-state index contributed by atoms with van der Waals surface area (Å²) in [4.78, 5) is 22.7. The molecule has 15 heavy (non-hydrogen) atoms. The van der Waals surface area contributed by atoms with Crippen LogP contribution in [0.4, 0.5) is 0 Å². The van der Waals surface area contributed by atoms with Crippen LogP contribution in [0.1, 0.15) is 32.1 Å². The van der Waals surface area contributed by atoms with E-state index in [0.717, 1.165) is 0 Å². The number of amides is 1. The Morgan fingerprint density at radius 3 is 2.47 bits per heavy atom. The van der Waals surface area contributed by atoms with E-state index in [9.17, 15) is 9.59 Å². The summed E-state index contributed by atoms with van der Waals surface area (Å²) in [5.41, 5.74) is -0.279. The standard InChI is InChI=1S/C10H16N2O3/c1-6-7(8(13)12-15-6)5-11-9(14)10(2,3)4/h5H2,1-4H3,(H,11,14)(H,12,13). The normalized spacial score (nSPS) is 11.5. The molecule has 0 atom stereocenters. The maximum Gasteiger partial charge on any atom is 0.285 e. The minimum absolute atomic E-state index is 0.0949. The van der Waals surface area contributed by atoms with E-state index in [2.05, 4.69) is 10.5 Å². The SMILES string of the molecule is Cc1o[nH]c(=O)c1CNC(=O)C(C)(C)C. The fourth-order valence-corrected chi connectivity index (χ4v) is 1.04. The summed E-state index contributed by atoms with van der Waals surface area (Å²) in [6.45, 7) is 7.32. The van der Waals surface area contributed by atoms with Crippen molar-refractivity contribution >= 4 is 5.91 Å². The van der Waals surface area contributed by atoms with Crippen molar-refractivity contribution in [3.63, 3.8) is 0 Å². The van der Waals surface area contributed by atoms with E-state index in [0.29, 0.717) is 11.3 Å². The summed E-state index contributed by atoms with van der Waals surface area (Å²) in [6, 6.07) is 0. The van der Waals surface area contributed by atoms with Crippen molar-refractivity contribution in [3.8, 4) is 0 Å². The van der Waals surface area contributed by atoms with Gasteiger partial charge in [0.15, 0.2) is 0 Å². The van der Waals surface area contributed by atoms with Crippen LogP contribution in [-0.2, 0) is 11.3 Å². The maximum atomic E-state index is 11.5. The molecule has 5 heteroatoms. The van der Waals surface area contributed by atoms with Gasteiger partial charge < -0.3 is 9.84 Å². The molecule has 1 amide bonds. The van der Waals surface area contributed by atoms with E-state index in [1.165, 1.54) is 0 Å². The summed E-state index contributed by atoms with van der Waals surface area (Å²) in [6.07, 6.45) is 0. The average Bonchev–Trinajstić information content (AvgIpc) is 2.41. The molecule has 2 N–H and O–H groups in total.